The van der Waals surface area contributed by atoms with Gasteiger partial charge in [-0.15, -0.1) is 0 Å². The summed E-state index contributed by atoms with van der Waals surface area (Å²) in [6.45, 7) is 2.00. The lowest BCUT2D eigenvalue weighted by Gasteiger charge is -2.36. The van der Waals surface area contributed by atoms with Gasteiger partial charge in [0.2, 0.25) is 0 Å². The van der Waals surface area contributed by atoms with Crippen LogP contribution in [0.15, 0.2) is 43.0 Å². The van der Waals surface area contributed by atoms with E-state index in [0.29, 0.717) is 12.0 Å². The van der Waals surface area contributed by atoms with Crippen LogP contribution in [0.1, 0.15) is 30.7 Å². The van der Waals surface area contributed by atoms with Crippen molar-refractivity contribution in [2.75, 3.05) is 6.54 Å². The van der Waals surface area contributed by atoms with Gasteiger partial charge in [-0.2, -0.15) is 0 Å². The third-order valence-corrected chi connectivity index (χ3v) is 4.07. The molecule has 0 atom stereocenters. The zero-order valence-corrected chi connectivity index (χ0v) is 11.5. The Morgan fingerprint density at radius 1 is 1.30 bits per heavy atom. The number of aromatic nitrogens is 2. The first-order chi connectivity index (χ1) is 9.83. The number of halogens is 1. The largest absolute Gasteiger partial charge is 0.337 e. The van der Waals surface area contributed by atoms with E-state index >= 15 is 0 Å². The standard InChI is InChI=1S/C16H20FN3/c17-16-5-2-1-4-15(16)13-10-14(11-13)19-6-3-8-20-9-7-18-12-20/h1-2,4-5,7,9,12-14,19H,3,6,8,10-11H2. The predicted octanol–water partition coefficient (Wildman–Crippen LogP) is 2.95. The third kappa shape index (κ3) is 3.07. The molecule has 1 aromatic carbocycles. The molecule has 0 aliphatic heterocycles. The molecular weight excluding hydrogens is 253 g/mol. The molecule has 0 unspecified atom stereocenters. The summed E-state index contributed by atoms with van der Waals surface area (Å²) >= 11 is 0. The van der Waals surface area contributed by atoms with Gasteiger partial charge in [-0.25, -0.2) is 9.37 Å². The maximum atomic E-state index is 13.6. The summed E-state index contributed by atoms with van der Waals surface area (Å²) in [5.74, 6) is 0.332. The highest BCUT2D eigenvalue weighted by molar-refractivity contribution is 5.24. The van der Waals surface area contributed by atoms with Crippen molar-refractivity contribution in [3.05, 3.63) is 54.4 Å². The summed E-state index contributed by atoms with van der Waals surface area (Å²) in [5, 5.41) is 3.54. The number of hydrogen-bond acceptors (Lipinski definition) is 2. The Morgan fingerprint density at radius 3 is 2.90 bits per heavy atom. The summed E-state index contributed by atoms with van der Waals surface area (Å²) in [5.41, 5.74) is 0.879. The van der Waals surface area contributed by atoms with E-state index in [4.69, 9.17) is 0 Å². The van der Waals surface area contributed by atoms with Gasteiger partial charge in [-0.3, -0.25) is 0 Å². The maximum absolute atomic E-state index is 13.6. The van der Waals surface area contributed by atoms with Gasteiger partial charge in [-0.05, 0) is 43.4 Å². The Morgan fingerprint density at radius 2 is 2.15 bits per heavy atom. The van der Waals surface area contributed by atoms with Crippen molar-refractivity contribution in [2.24, 2.45) is 0 Å². The summed E-state index contributed by atoms with van der Waals surface area (Å²) in [6, 6.07) is 7.69. The number of nitrogens with zero attached hydrogens (tertiary/aromatic N) is 2. The van der Waals surface area contributed by atoms with Crippen LogP contribution < -0.4 is 5.32 Å². The molecule has 0 spiro atoms. The Bertz CT molecular complexity index is 532. The Hall–Kier alpha value is -1.68. The summed E-state index contributed by atoms with van der Waals surface area (Å²) in [7, 11) is 0. The van der Waals surface area contributed by atoms with Crippen LogP contribution in [0.25, 0.3) is 0 Å². The Kier molecular flexibility index (Phi) is 4.11. The van der Waals surface area contributed by atoms with Crippen LogP contribution in [0.3, 0.4) is 0 Å². The van der Waals surface area contributed by atoms with Crippen molar-refractivity contribution in [1.82, 2.24) is 14.9 Å². The van der Waals surface area contributed by atoms with Crippen LogP contribution in [0, 0.1) is 5.82 Å². The second kappa shape index (κ2) is 6.18. The second-order valence-electron chi connectivity index (χ2n) is 5.49. The Balaban J connectivity index is 1.35. The molecule has 106 valence electrons. The van der Waals surface area contributed by atoms with Gasteiger partial charge >= 0.3 is 0 Å². The van der Waals surface area contributed by atoms with Crippen LogP contribution in [0.5, 0.6) is 0 Å². The molecule has 1 aliphatic carbocycles. The molecular formula is C16H20FN3. The average molecular weight is 273 g/mol. The Labute approximate surface area is 118 Å². The van der Waals surface area contributed by atoms with Crippen molar-refractivity contribution in [2.45, 2.75) is 37.8 Å². The van der Waals surface area contributed by atoms with Gasteiger partial charge in [0, 0.05) is 25.0 Å². The number of aryl methyl sites for hydroxylation is 1. The summed E-state index contributed by atoms with van der Waals surface area (Å²) in [6.07, 6.45) is 8.82. The highest BCUT2D eigenvalue weighted by Crippen LogP contribution is 2.37. The lowest BCUT2D eigenvalue weighted by Crippen LogP contribution is -2.40. The molecule has 3 rings (SSSR count). The highest BCUT2D eigenvalue weighted by Gasteiger charge is 2.31. The number of hydrogen-bond donors (Lipinski definition) is 1. The molecule has 0 saturated heterocycles. The van der Waals surface area contributed by atoms with Crippen LogP contribution >= 0.6 is 0 Å². The molecule has 1 saturated carbocycles. The van der Waals surface area contributed by atoms with Crippen LogP contribution in [-0.2, 0) is 6.54 Å². The number of benzene rings is 1. The summed E-state index contributed by atoms with van der Waals surface area (Å²) < 4.78 is 15.7. The van der Waals surface area contributed by atoms with Crippen LogP contribution in [0.4, 0.5) is 4.39 Å². The molecule has 0 amide bonds. The first kappa shape index (κ1) is 13.3. The minimum atomic E-state index is -0.0592. The quantitative estimate of drug-likeness (QED) is 0.820. The van der Waals surface area contributed by atoms with Crippen LogP contribution in [-0.4, -0.2) is 22.1 Å². The van der Waals surface area contributed by atoms with Crippen molar-refractivity contribution >= 4 is 0 Å². The molecule has 1 N–H and O–H groups in total. The fourth-order valence-corrected chi connectivity index (χ4v) is 2.83. The fourth-order valence-electron chi connectivity index (χ4n) is 2.83. The molecule has 4 heteroatoms. The van der Waals surface area contributed by atoms with Crippen molar-refractivity contribution in [3.63, 3.8) is 0 Å². The lowest BCUT2D eigenvalue weighted by molar-refractivity contribution is 0.283. The molecule has 0 bridgehead atoms. The topological polar surface area (TPSA) is 29.9 Å². The van der Waals surface area contributed by atoms with Crippen molar-refractivity contribution in [1.29, 1.82) is 0 Å². The minimum Gasteiger partial charge on any atom is -0.337 e. The smallest absolute Gasteiger partial charge is 0.126 e. The third-order valence-electron chi connectivity index (χ3n) is 4.07. The van der Waals surface area contributed by atoms with Crippen molar-refractivity contribution in [3.8, 4) is 0 Å². The normalized spacial score (nSPS) is 21.6. The van der Waals surface area contributed by atoms with Gasteiger partial charge in [0.1, 0.15) is 5.82 Å². The number of imidazole rings is 1. The van der Waals surface area contributed by atoms with Crippen LogP contribution in [0.2, 0.25) is 0 Å². The molecule has 0 radical (unpaired) electrons. The minimum absolute atomic E-state index is 0.0592. The summed E-state index contributed by atoms with van der Waals surface area (Å²) in [4.78, 5) is 4.02. The van der Waals surface area contributed by atoms with E-state index < -0.39 is 0 Å². The van der Waals surface area contributed by atoms with E-state index in [2.05, 4.69) is 14.9 Å². The van der Waals surface area contributed by atoms with Gasteiger partial charge in [0.05, 0.1) is 6.33 Å². The SMILES string of the molecule is Fc1ccccc1C1CC(NCCCn2ccnc2)C1. The van der Waals surface area contributed by atoms with E-state index in [1.54, 1.807) is 18.3 Å². The van der Waals surface area contributed by atoms with E-state index in [-0.39, 0.29) is 5.82 Å². The number of nitrogens with one attached hydrogen (secondary N) is 1. The second-order valence-corrected chi connectivity index (χ2v) is 5.49. The average Bonchev–Trinajstić information content (AvgIpc) is 2.91. The van der Waals surface area contributed by atoms with E-state index in [1.165, 1.54) is 0 Å². The van der Waals surface area contributed by atoms with Gasteiger partial charge in [0.25, 0.3) is 0 Å². The van der Waals surface area contributed by atoms with E-state index in [1.807, 2.05) is 24.7 Å². The molecule has 1 aliphatic rings. The molecule has 20 heavy (non-hydrogen) atoms. The highest BCUT2D eigenvalue weighted by atomic mass is 19.1. The van der Waals surface area contributed by atoms with Gasteiger partial charge < -0.3 is 9.88 Å². The van der Waals surface area contributed by atoms with E-state index in [0.717, 1.165) is 37.9 Å². The predicted molar refractivity (Wildman–Crippen MR) is 77.0 cm³/mol. The monoisotopic (exact) mass is 273 g/mol. The molecule has 3 nitrogen and oxygen atoms in total. The number of rotatable bonds is 6. The molecule has 1 fully saturated rings. The van der Waals surface area contributed by atoms with Gasteiger partial charge in [-0.1, -0.05) is 18.2 Å². The molecule has 1 aromatic heterocycles. The zero-order chi connectivity index (χ0) is 13.8. The van der Waals surface area contributed by atoms with Crippen molar-refractivity contribution < 1.29 is 4.39 Å². The lowest BCUT2D eigenvalue weighted by atomic mass is 9.75. The molecule has 1 heterocycles. The van der Waals surface area contributed by atoms with Gasteiger partial charge in [0.15, 0.2) is 0 Å². The first-order valence-electron chi connectivity index (χ1n) is 7.26. The van der Waals surface area contributed by atoms with E-state index in [9.17, 15) is 4.39 Å². The first-order valence-corrected chi connectivity index (χ1v) is 7.26. The fraction of sp³-hybridized carbons (Fsp3) is 0.438. The maximum Gasteiger partial charge on any atom is 0.126 e. The zero-order valence-electron chi connectivity index (χ0n) is 11.5. The molecule has 2 aromatic rings.